The minimum absolute atomic E-state index is 0.0378. The molecule has 1 aromatic rings. The molecule has 1 aromatic carbocycles. The van der Waals surface area contributed by atoms with E-state index in [9.17, 15) is 5.11 Å². The van der Waals surface area contributed by atoms with Crippen LogP contribution in [0.3, 0.4) is 0 Å². The van der Waals surface area contributed by atoms with Gasteiger partial charge in [0.15, 0.2) is 0 Å². The number of benzene rings is 1. The third kappa shape index (κ3) is 1.64. The van der Waals surface area contributed by atoms with Crippen LogP contribution in [0.1, 0.15) is 18.6 Å². The van der Waals surface area contributed by atoms with Gasteiger partial charge in [0.25, 0.3) is 0 Å². The Bertz CT molecular complexity index is 258. The molecule has 60 valence electrons. The highest BCUT2D eigenvalue weighted by Crippen LogP contribution is 2.30. The van der Waals surface area contributed by atoms with Crippen molar-refractivity contribution in [3.05, 3.63) is 28.8 Å². The van der Waals surface area contributed by atoms with Gasteiger partial charge in [-0.25, -0.2) is 0 Å². The molecule has 11 heavy (non-hydrogen) atoms. The number of aliphatic hydroxyl groups excluding tert-OH is 1. The Morgan fingerprint density at radius 1 is 1.45 bits per heavy atom. The van der Waals surface area contributed by atoms with Gasteiger partial charge in [0.05, 0.1) is 11.1 Å². The summed E-state index contributed by atoms with van der Waals surface area (Å²) in [7, 11) is 0. The van der Waals surface area contributed by atoms with E-state index >= 15 is 0 Å². The molecular formula is C8H9ClO2. The summed E-state index contributed by atoms with van der Waals surface area (Å²) in [4.78, 5) is 0. The number of aliphatic hydroxyl groups is 1. The number of phenolic OH excluding ortho intramolecular Hbond substituents is 1. The molecule has 0 aliphatic rings. The largest absolute Gasteiger partial charge is 0.506 e. The quantitative estimate of drug-likeness (QED) is 0.681. The van der Waals surface area contributed by atoms with Crippen molar-refractivity contribution in [1.82, 2.24) is 0 Å². The first-order valence-corrected chi connectivity index (χ1v) is 3.66. The normalized spacial score (nSPS) is 13.0. The minimum atomic E-state index is -0.686. The number of phenols is 1. The van der Waals surface area contributed by atoms with Gasteiger partial charge in [-0.2, -0.15) is 0 Å². The third-order valence-corrected chi connectivity index (χ3v) is 1.77. The van der Waals surface area contributed by atoms with E-state index in [-0.39, 0.29) is 10.8 Å². The van der Waals surface area contributed by atoms with Gasteiger partial charge in [0.2, 0.25) is 0 Å². The fourth-order valence-electron chi connectivity index (χ4n) is 0.869. The molecule has 0 aliphatic heterocycles. The van der Waals surface area contributed by atoms with Crippen molar-refractivity contribution in [1.29, 1.82) is 0 Å². The molecule has 0 unspecified atom stereocenters. The topological polar surface area (TPSA) is 40.5 Å². The summed E-state index contributed by atoms with van der Waals surface area (Å²) in [6.07, 6.45) is -0.686. The van der Waals surface area contributed by atoms with Crippen LogP contribution in [0, 0.1) is 0 Å². The Kier molecular flexibility index (Phi) is 2.37. The van der Waals surface area contributed by atoms with Crippen LogP contribution in [-0.2, 0) is 0 Å². The van der Waals surface area contributed by atoms with Gasteiger partial charge in [0, 0.05) is 5.56 Å². The molecule has 0 bridgehead atoms. The van der Waals surface area contributed by atoms with E-state index in [4.69, 9.17) is 16.7 Å². The maximum absolute atomic E-state index is 9.28. The standard InChI is InChI=1S/C8H9ClO2/c1-5(10)6-3-2-4-7(9)8(6)11/h2-5,10-11H,1H3/t5-/m1/s1. The predicted octanol–water partition coefficient (Wildman–Crippen LogP) is 2.10. The zero-order valence-corrected chi connectivity index (χ0v) is 6.84. The molecule has 0 aromatic heterocycles. The molecule has 0 aliphatic carbocycles. The van der Waals surface area contributed by atoms with Gasteiger partial charge >= 0.3 is 0 Å². The minimum Gasteiger partial charge on any atom is -0.506 e. The number of rotatable bonds is 1. The summed E-state index contributed by atoms with van der Waals surface area (Å²) in [5.74, 6) is -0.0378. The Hall–Kier alpha value is -0.730. The maximum atomic E-state index is 9.28. The van der Waals surface area contributed by atoms with E-state index in [1.807, 2.05) is 0 Å². The van der Waals surface area contributed by atoms with Crippen molar-refractivity contribution in [2.75, 3.05) is 0 Å². The molecule has 1 rings (SSSR count). The van der Waals surface area contributed by atoms with E-state index in [0.717, 1.165) is 0 Å². The van der Waals surface area contributed by atoms with Gasteiger partial charge in [-0.1, -0.05) is 23.7 Å². The zero-order valence-electron chi connectivity index (χ0n) is 6.08. The van der Waals surface area contributed by atoms with E-state index in [1.165, 1.54) is 0 Å². The van der Waals surface area contributed by atoms with E-state index in [2.05, 4.69) is 0 Å². The lowest BCUT2D eigenvalue weighted by molar-refractivity contribution is 0.195. The number of aromatic hydroxyl groups is 1. The highest BCUT2D eigenvalue weighted by molar-refractivity contribution is 6.32. The second kappa shape index (κ2) is 3.11. The Morgan fingerprint density at radius 3 is 2.55 bits per heavy atom. The van der Waals surface area contributed by atoms with Crippen LogP contribution < -0.4 is 0 Å². The molecule has 1 atom stereocenters. The van der Waals surface area contributed by atoms with Gasteiger partial charge in [-0.3, -0.25) is 0 Å². The Morgan fingerprint density at radius 2 is 2.09 bits per heavy atom. The highest BCUT2D eigenvalue weighted by Gasteiger charge is 2.08. The Balaban J connectivity index is 3.17. The van der Waals surface area contributed by atoms with Crippen molar-refractivity contribution < 1.29 is 10.2 Å². The second-order valence-corrected chi connectivity index (χ2v) is 2.76. The summed E-state index contributed by atoms with van der Waals surface area (Å²) >= 11 is 5.60. The van der Waals surface area contributed by atoms with Gasteiger partial charge in [-0.05, 0) is 13.0 Å². The monoisotopic (exact) mass is 172 g/mol. The van der Waals surface area contributed by atoms with Crippen molar-refractivity contribution in [3.8, 4) is 5.75 Å². The van der Waals surface area contributed by atoms with E-state index in [1.54, 1.807) is 25.1 Å². The average Bonchev–Trinajstić information content (AvgIpc) is 1.94. The molecule has 3 heteroatoms. The summed E-state index contributed by atoms with van der Waals surface area (Å²) in [5, 5.41) is 18.7. The van der Waals surface area contributed by atoms with Crippen molar-refractivity contribution >= 4 is 11.6 Å². The second-order valence-electron chi connectivity index (χ2n) is 2.35. The predicted molar refractivity (Wildman–Crippen MR) is 43.8 cm³/mol. The first-order valence-electron chi connectivity index (χ1n) is 3.28. The van der Waals surface area contributed by atoms with Crippen LogP contribution in [0.2, 0.25) is 5.02 Å². The molecule has 0 radical (unpaired) electrons. The Labute approximate surface area is 70.1 Å². The summed E-state index contributed by atoms with van der Waals surface area (Å²) in [5.41, 5.74) is 0.456. The molecule has 0 fully saturated rings. The summed E-state index contributed by atoms with van der Waals surface area (Å²) < 4.78 is 0. The lowest BCUT2D eigenvalue weighted by Gasteiger charge is -2.07. The first-order chi connectivity index (χ1) is 5.13. The number of para-hydroxylation sites is 1. The van der Waals surface area contributed by atoms with E-state index in [0.29, 0.717) is 5.56 Å². The molecule has 2 nitrogen and oxygen atoms in total. The van der Waals surface area contributed by atoms with Crippen LogP contribution in [0.4, 0.5) is 0 Å². The fraction of sp³-hybridized carbons (Fsp3) is 0.250. The first kappa shape index (κ1) is 8.37. The summed E-state index contributed by atoms with van der Waals surface area (Å²) in [6.45, 7) is 1.57. The zero-order chi connectivity index (χ0) is 8.43. The SMILES string of the molecule is C[C@@H](O)c1cccc(Cl)c1O. The fourth-order valence-corrected chi connectivity index (χ4v) is 1.05. The van der Waals surface area contributed by atoms with Gasteiger partial charge in [0.1, 0.15) is 5.75 Å². The number of halogens is 1. The van der Waals surface area contributed by atoms with Crippen LogP contribution in [0.15, 0.2) is 18.2 Å². The third-order valence-electron chi connectivity index (χ3n) is 1.47. The maximum Gasteiger partial charge on any atom is 0.139 e. The lowest BCUT2D eigenvalue weighted by Crippen LogP contribution is -1.90. The summed E-state index contributed by atoms with van der Waals surface area (Å²) in [6, 6.07) is 4.89. The average molecular weight is 173 g/mol. The number of hydrogen-bond donors (Lipinski definition) is 2. The van der Waals surface area contributed by atoms with Crippen molar-refractivity contribution in [3.63, 3.8) is 0 Å². The van der Waals surface area contributed by atoms with E-state index < -0.39 is 6.10 Å². The van der Waals surface area contributed by atoms with Crippen LogP contribution in [-0.4, -0.2) is 10.2 Å². The smallest absolute Gasteiger partial charge is 0.139 e. The van der Waals surface area contributed by atoms with Crippen molar-refractivity contribution in [2.24, 2.45) is 0 Å². The molecule has 0 saturated heterocycles. The molecule has 0 heterocycles. The van der Waals surface area contributed by atoms with Crippen molar-refractivity contribution in [2.45, 2.75) is 13.0 Å². The lowest BCUT2D eigenvalue weighted by atomic mass is 10.1. The van der Waals surface area contributed by atoms with Crippen LogP contribution in [0.5, 0.6) is 5.75 Å². The molecule has 0 amide bonds. The van der Waals surface area contributed by atoms with Gasteiger partial charge in [-0.15, -0.1) is 0 Å². The molecular weight excluding hydrogens is 164 g/mol. The molecule has 0 spiro atoms. The molecule has 0 saturated carbocycles. The molecule has 2 N–H and O–H groups in total. The number of hydrogen-bond acceptors (Lipinski definition) is 2. The van der Waals surface area contributed by atoms with Crippen LogP contribution >= 0.6 is 11.6 Å². The van der Waals surface area contributed by atoms with Gasteiger partial charge < -0.3 is 10.2 Å². The highest BCUT2D eigenvalue weighted by atomic mass is 35.5. The van der Waals surface area contributed by atoms with Crippen LogP contribution in [0.25, 0.3) is 0 Å².